The number of hydrogen-bond donors (Lipinski definition) is 1. The molecule has 2 unspecified atom stereocenters. The summed E-state index contributed by atoms with van der Waals surface area (Å²) in [4.78, 5) is 23.9. The summed E-state index contributed by atoms with van der Waals surface area (Å²) in [6.07, 6.45) is 0.876. The smallest absolute Gasteiger partial charge is 0.308 e. The third-order valence-corrected chi connectivity index (χ3v) is 2.78. The molecular formula is C10H17NO4. The van der Waals surface area contributed by atoms with E-state index >= 15 is 0 Å². The second-order valence-corrected chi connectivity index (χ2v) is 3.92. The van der Waals surface area contributed by atoms with E-state index in [-0.39, 0.29) is 18.4 Å². The van der Waals surface area contributed by atoms with Crippen LogP contribution in [0, 0.1) is 5.92 Å². The Morgan fingerprint density at radius 2 is 2.40 bits per heavy atom. The SMILES string of the molecule is COCCC(C)N1CC(C(=O)O)CC1=O. The molecule has 1 aliphatic rings. The fourth-order valence-corrected chi connectivity index (χ4v) is 1.77. The third-order valence-electron chi connectivity index (χ3n) is 2.78. The molecule has 1 fully saturated rings. The summed E-state index contributed by atoms with van der Waals surface area (Å²) in [5.41, 5.74) is 0. The molecule has 1 amide bonds. The van der Waals surface area contributed by atoms with Gasteiger partial charge in [0.25, 0.3) is 0 Å². The van der Waals surface area contributed by atoms with E-state index in [0.29, 0.717) is 13.2 Å². The topological polar surface area (TPSA) is 66.8 Å². The Morgan fingerprint density at radius 3 is 2.87 bits per heavy atom. The lowest BCUT2D eigenvalue weighted by molar-refractivity contribution is -0.141. The van der Waals surface area contributed by atoms with Crippen molar-refractivity contribution in [3.63, 3.8) is 0 Å². The summed E-state index contributed by atoms with van der Waals surface area (Å²) in [5, 5.41) is 8.80. The van der Waals surface area contributed by atoms with Crippen molar-refractivity contribution in [2.45, 2.75) is 25.8 Å². The molecule has 2 atom stereocenters. The van der Waals surface area contributed by atoms with Gasteiger partial charge < -0.3 is 14.7 Å². The molecule has 0 bridgehead atoms. The lowest BCUT2D eigenvalue weighted by Gasteiger charge is -2.24. The molecule has 1 saturated heterocycles. The Labute approximate surface area is 89.0 Å². The summed E-state index contributed by atoms with van der Waals surface area (Å²) in [6, 6.07) is 0.0572. The second kappa shape index (κ2) is 5.11. The van der Waals surface area contributed by atoms with Crippen molar-refractivity contribution >= 4 is 11.9 Å². The first kappa shape index (κ1) is 12.0. The highest BCUT2D eigenvalue weighted by Crippen LogP contribution is 2.21. The molecule has 1 heterocycles. The van der Waals surface area contributed by atoms with Crippen molar-refractivity contribution in [3.8, 4) is 0 Å². The van der Waals surface area contributed by atoms with E-state index in [1.54, 1.807) is 12.0 Å². The molecule has 5 heteroatoms. The highest BCUT2D eigenvalue weighted by atomic mass is 16.5. The van der Waals surface area contributed by atoms with Gasteiger partial charge in [-0.3, -0.25) is 9.59 Å². The van der Waals surface area contributed by atoms with Gasteiger partial charge in [-0.25, -0.2) is 0 Å². The minimum Gasteiger partial charge on any atom is -0.481 e. The van der Waals surface area contributed by atoms with E-state index in [9.17, 15) is 9.59 Å². The van der Waals surface area contributed by atoms with E-state index in [0.717, 1.165) is 6.42 Å². The van der Waals surface area contributed by atoms with Gasteiger partial charge in [0, 0.05) is 32.7 Å². The number of carbonyl (C=O) groups excluding carboxylic acids is 1. The number of carboxylic acid groups (broad SMARTS) is 1. The molecule has 0 aromatic carbocycles. The lowest BCUT2D eigenvalue weighted by atomic mass is 10.1. The zero-order valence-electron chi connectivity index (χ0n) is 9.10. The van der Waals surface area contributed by atoms with Crippen molar-refractivity contribution in [2.75, 3.05) is 20.3 Å². The molecule has 1 rings (SSSR count). The van der Waals surface area contributed by atoms with Crippen molar-refractivity contribution in [3.05, 3.63) is 0 Å². The largest absolute Gasteiger partial charge is 0.481 e. The van der Waals surface area contributed by atoms with Crippen molar-refractivity contribution in [1.82, 2.24) is 4.90 Å². The van der Waals surface area contributed by atoms with Gasteiger partial charge in [0.15, 0.2) is 0 Å². The molecule has 0 aliphatic carbocycles. The molecule has 15 heavy (non-hydrogen) atoms. The summed E-state index contributed by atoms with van der Waals surface area (Å²) < 4.78 is 4.93. The third kappa shape index (κ3) is 2.92. The molecule has 0 radical (unpaired) electrons. The first-order chi connectivity index (χ1) is 7.06. The first-order valence-corrected chi connectivity index (χ1v) is 5.07. The van der Waals surface area contributed by atoms with Gasteiger partial charge in [-0.15, -0.1) is 0 Å². The van der Waals surface area contributed by atoms with Gasteiger partial charge in [-0.1, -0.05) is 0 Å². The van der Waals surface area contributed by atoms with Crippen LogP contribution in [0.25, 0.3) is 0 Å². The van der Waals surface area contributed by atoms with Gasteiger partial charge in [-0.2, -0.15) is 0 Å². The average molecular weight is 215 g/mol. The zero-order valence-corrected chi connectivity index (χ0v) is 9.10. The van der Waals surface area contributed by atoms with Crippen molar-refractivity contribution < 1.29 is 19.4 Å². The number of carbonyl (C=O) groups is 2. The van der Waals surface area contributed by atoms with Gasteiger partial charge in [-0.05, 0) is 13.3 Å². The molecule has 86 valence electrons. The molecule has 0 aromatic heterocycles. The number of carboxylic acids is 1. The fraction of sp³-hybridized carbons (Fsp3) is 0.800. The summed E-state index contributed by atoms with van der Waals surface area (Å²) in [5.74, 6) is -1.49. The number of rotatable bonds is 5. The molecule has 0 aromatic rings. The van der Waals surface area contributed by atoms with Crippen LogP contribution < -0.4 is 0 Å². The van der Waals surface area contributed by atoms with Crippen molar-refractivity contribution in [2.24, 2.45) is 5.92 Å². The highest BCUT2D eigenvalue weighted by Gasteiger charge is 2.36. The van der Waals surface area contributed by atoms with Crippen LogP contribution in [0.2, 0.25) is 0 Å². The number of likely N-dealkylation sites (tertiary alicyclic amines) is 1. The fourth-order valence-electron chi connectivity index (χ4n) is 1.77. The lowest BCUT2D eigenvalue weighted by Crippen LogP contribution is -2.35. The molecule has 0 saturated carbocycles. The summed E-state index contributed by atoms with van der Waals surface area (Å²) >= 11 is 0. The average Bonchev–Trinajstić information content (AvgIpc) is 2.57. The Kier molecular flexibility index (Phi) is 4.08. The standard InChI is InChI=1S/C10H17NO4/c1-7(3-4-15-2)11-6-8(10(13)14)5-9(11)12/h7-8H,3-6H2,1-2H3,(H,13,14). The van der Waals surface area contributed by atoms with Crippen LogP contribution in [-0.2, 0) is 14.3 Å². The zero-order chi connectivity index (χ0) is 11.4. The Hall–Kier alpha value is -1.10. The van der Waals surface area contributed by atoms with E-state index in [4.69, 9.17) is 9.84 Å². The maximum absolute atomic E-state index is 11.5. The summed E-state index contributed by atoms with van der Waals surface area (Å²) in [7, 11) is 1.61. The second-order valence-electron chi connectivity index (χ2n) is 3.92. The maximum atomic E-state index is 11.5. The van der Waals surface area contributed by atoms with Crippen molar-refractivity contribution in [1.29, 1.82) is 0 Å². The van der Waals surface area contributed by atoms with Crippen LogP contribution in [0.5, 0.6) is 0 Å². The number of ether oxygens (including phenoxy) is 1. The van der Waals surface area contributed by atoms with Crippen LogP contribution in [0.15, 0.2) is 0 Å². The Morgan fingerprint density at radius 1 is 1.73 bits per heavy atom. The minimum absolute atomic E-state index is 0.0572. The molecule has 1 N–H and O–H groups in total. The number of nitrogens with zero attached hydrogens (tertiary/aromatic N) is 1. The van der Waals surface area contributed by atoms with E-state index < -0.39 is 11.9 Å². The molecule has 0 spiro atoms. The monoisotopic (exact) mass is 215 g/mol. The van der Waals surface area contributed by atoms with Crippen LogP contribution >= 0.6 is 0 Å². The molecule has 5 nitrogen and oxygen atoms in total. The molecular weight excluding hydrogens is 198 g/mol. The Balaban J connectivity index is 2.49. The van der Waals surface area contributed by atoms with E-state index in [2.05, 4.69) is 0 Å². The van der Waals surface area contributed by atoms with E-state index in [1.165, 1.54) is 0 Å². The van der Waals surface area contributed by atoms with Crippen LogP contribution in [0.4, 0.5) is 0 Å². The van der Waals surface area contributed by atoms with Gasteiger partial charge in [0.05, 0.1) is 5.92 Å². The van der Waals surface area contributed by atoms with E-state index in [1.807, 2.05) is 6.92 Å². The minimum atomic E-state index is -0.884. The number of aliphatic carboxylic acids is 1. The van der Waals surface area contributed by atoms with Gasteiger partial charge in [0.2, 0.25) is 5.91 Å². The number of methoxy groups -OCH3 is 1. The van der Waals surface area contributed by atoms with Gasteiger partial charge >= 0.3 is 5.97 Å². The van der Waals surface area contributed by atoms with Gasteiger partial charge in [0.1, 0.15) is 0 Å². The molecule has 1 aliphatic heterocycles. The quantitative estimate of drug-likeness (QED) is 0.718. The van der Waals surface area contributed by atoms with Crippen LogP contribution in [0.1, 0.15) is 19.8 Å². The first-order valence-electron chi connectivity index (χ1n) is 5.07. The van der Waals surface area contributed by atoms with Crippen LogP contribution in [-0.4, -0.2) is 48.2 Å². The highest BCUT2D eigenvalue weighted by molar-refractivity contribution is 5.86. The normalized spacial score (nSPS) is 23.2. The number of amides is 1. The maximum Gasteiger partial charge on any atom is 0.308 e. The number of hydrogen-bond acceptors (Lipinski definition) is 3. The predicted molar refractivity (Wildman–Crippen MR) is 53.4 cm³/mol. The Bertz CT molecular complexity index is 254. The summed E-state index contributed by atoms with van der Waals surface area (Å²) in [6.45, 7) is 2.84. The predicted octanol–water partition coefficient (Wildman–Crippen LogP) is 0.344. The van der Waals surface area contributed by atoms with Crippen LogP contribution in [0.3, 0.4) is 0 Å².